The molecule has 0 aromatic heterocycles. The van der Waals surface area contributed by atoms with Crippen LogP contribution < -0.4 is 10.6 Å². The molecule has 0 aliphatic rings. The Labute approximate surface area is 103 Å². The highest BCUT2D eigenvalue weighted by molar-refractivity contribution is 5.74. The minimum absolute atomic E-state index is 0.0453. The summed E-state index contributed by atoms with van der Waals surface area (Å²) in [5.74, 6) is 0. The van der Waals surface area contributed by atoms with E-state index >= 15 is 0 Å². The summed E-state index contributed by atoms with van der Waals surface area (Å²) >= 11 is 0. The standard InChI is InChI=1S/C12H15F3N2O/c1-8(2)17-11(18)16-7-9-5-3-4-6-10(9)12(13,14)15/h3-6,8H,7H2,1-2H3,(H2,16,17,18). The van der Waals surface area contributed by atoms with Gasteiger partial charge < -0.3 is 10.6 Å². The maximum Gasteiger partial charge on any atom is 0.416 e. The molecule has 0 radical (unpaired) electrons. The normalized spacial score (nSPS) is 11.4. The second-order valence-corrected chi connectivity index (χ2v) is 4.14. The summed E-state index contributed by atoms with van der Waals surface area (Å²) < 4.78 is 38.0. The van der Waals surface area contributed by atoms with Gasteiger partial charge in [-0.15, -0.1) is 0 Å². The zero-order valence-corrected chi connectivity index (χ0v) is 10.1. The molecular weight excluding hydrogens is 245 g/mol. The lowest BCUT2D eigenvalue weighted by atomic mass is 10.1. The minimum atomic E-state index is -4.41. The number of alkyl halides is 3. The third kappa shape index (κ3) is 4.27. The third-order valence-electron chi connectivity index (χ3n) is 2.18. The highest BCUT2D eigenvalue weighted by Gasteiger charge is 2.32. The number of halogens is 3. The maximum atomic E-state index is 12.7. The van der Waals surface area contributed by atoms with Crippen LogP contribution in [0.4, 0.5) is 18.0 Å². The van der Waals surface area contributed by atoms with Gasteiger partial charge in [-0.25, -0.2) is 4.79 Å². The first-order valence-corrected chi connectivity index (χ1v) is 5.50. The second kappa shape index (κ2) is 5.75. The van der Waals surface area contributed by atoms with Crippen LogP contribution in [0.25, 0.3) is 0 Å². The van der Waals surface area contributed by atoms with Crippen molar-refractivity contribution < 1.29 is 18.0 Å². The molecule has 0 bridgehead atoms. The molecule has 0 fully saturated rings. The van der Waals surface area contributed by atoms with Gasteiger partial charge in [-0.3, -0.25) is 0 Å². The lowest BCUT2D eigenvalue weighted by molar-refractivity contribution is -0.138. The average molecular weight is 260 g/mol. The van der Waals surface area contributed by atoms with Gasteiger partial charge in [0.25, 0.3) is 0 Å². The molecule has 1 rings (SSSR count). The molecule has 0 atom stereocenters. The molecule has 0 saturated carbocycles. The third-order valence-corrected chi connectivity index (χ3v) is 2.18. The van der Waals surface area contributed by atoms with E-state index in [0.717, 1.165) is 6.07 Å². The molecule has 100 valence electrons. The van der Waals surface area contributed by atoms with Gasteiger partial charge >= 0.3 is 12.2 Å². The number of carbonyl (C=O) groups excluding carboxylic acids is 1. The fourth-order valence-corrected chi connectivity index (χ4v) is 1.44. The van der Waals surface area contributed by atoms with E-state index in [1.165, 1.54) is 18.2 Å². The predicted octanol–water partition coefficient (Wildman–Crippen LogP) is 2.91. The Kier molecular flexibility index (Phi) is 4.58. The second-order valence-electron chi connectivity index (χ2n) is 4.14. The van der Waals surface area contributed by atoms with Crippen molar-refractivity contribution in [1.82, 2.24) is 10.6 Å². The predicted molar refractivity (Wildman–Crippen MR) is 62.0 cm³/mol. The molecule has 0 unspecified atom stereocenters. The number of nitrogens with one attached hydrogen (secondary N) is 2. The quantitative estimate of drug-likeness (QED) is 0.862. The molecule has 0 saturated heterocycles. The van der Waals surface area contributed by atoms with Crippen LogP contribution in [0, 0.1) is 0 Å². The fourth-order valence-electron chi connectivity index (χ4n) is 1.44. The monoisotopic (exact) mass is 260 g/mol. The van der Waals surface area contributed by atoms with E-state index in [1.54, 1.807) is 13.8 Å². The number of carbonyl (C=O) groups is 1. The molecule has 2 amide bonds. The highest BCUT2D eigenvalue weighted by Crippen LogP contribution is 2.31. The van der Waals surface area contributed by atoms with Gasteiger partial charge in [0.1, 0.15) is 0 Å². The van der Waals surface area contributed by atoms with E-state index in [0.29, 0.717) is 0 Å². The summed E-state index contributed by atoms with van der Waals surface area (Å²) in [4.78, 5) is 11.3. The SMILES string of the molecule is CC(C)NC(=O)NCc1ccccc1C(F)(F)F. The number of hydrogen-bond acceptors (Lipinski definition) is 1. The van der Waals surface area contributed by atoms with Crippen molar-refractivity contribution in [3.05, 3.63) is 35.4 Å². The van der Waals surface area contributed by atoms with Crippen molar-refractivity contribution >= 4 is 6.03 Å². The van der Waals surface area contributed by atoms with E-state index in [1.807, 2.05) is 0 Å². The Balaban J connectivity index is 2.71. The van der Waals surface area contributed by atoms with Crippen LogP contribution in [0.2, 0.25) is 0 Å². The molecule has 0 spiro atoms. The summed E-state index contributed by atoms with van der Waals surface area (Å²) in [6.07, 6.45) is -4.41. The van der Waals surface area contributed by atoms with Gasteiger partial charge in [-0.05, 0) is 25.5 Å². The van der Waals surface area contributed by atoms with Crippen LogP contribution in [0.5, 0.6) is 0 Å². The molecule has 6 heteroatoms. The van der Waals surface area contributed by atoms with E-state index in [-0.39, 0.29) is 18.2 Å². The van der Waals surface area contributed by atoms with Crippen LogP contribution in [0.15, 0.2) is 24.3 Å². The van der Waals surface area contributed by atoms with E-state index in [9.17, 15) is 18.0 Å². The number of benzene rings is 1. The Hall–Kier alpha value is -1.72. The largest absolute Gasteiger partial charge is 0.416 e. The molecule has 0 aliphatic carbocycles. The van der Waals surface area contributed by atoms with Crippen LogP contribution >= 0.6 is 0 Å². The van der Waals surface area contributed by atoms with Gasteiger partial charge in [0.05, 0.1) is 5.56 Å². The minimum Gasteiger partial charge on any atom is -0.336 e. The van der Waals surface area contributed by atoms with Crippen molar-refractivity contribution in [2.24, 2.45) is 0 Å². The highest BCUT2D eigenvalue weighted by atomic mass is 19.4. The van der Waals surface area contributed by atoms with Gasteiger partial charge in [-0.2, -0.15) is 13.2 Å². The zero-order chi connectivity index (χ0) is 13.8. The van der Waals surface area contributed by atoms with Gasteiger partial charge in [-0.1, -0.05) is 18.2 Å². The van der Waals surface area contributed by atoms with Crippen molar-refractivity contribution in [2.75, 3.05) is 0 Å². The molecular formula is C12H15F3N2O. The van der Waals surface area contributed by atoms with Crippen LogP contribution in [0.3, 0.4) is 0 Å². The summed E-state index contributed by atoms with van der Waals surface area (Å²) in [6.45, 7) is 3.38. The fraction of sp³-hybridized carbons (Fsp3) is 0.417. The van der Waals surface area contributed by atoms with E-state index in [2.05, 4.69) is 10.6 Å². The Bertz CT molecular complexity index is 416. The number of hydrogen-bond donors (Lipinski definition) is 2. The van der Waals surface area contributed by atoms with Crippen molar-refractivity contribution in [2.45, 2.75) is 32.6 Å². The van der Waals surface area contributed by atoms with Crippen molar-refractivity contribution in [1.29, 1.82) is 0 Å². The van der Waals surface area contributed by atoms with Gasteiger partial charge in [0.15, 0.2) is 0 Å². The summed E-state index contributed by atoms with van der Waals surface area (Å²) in [5.41, 5.74) is -0.682. The molecule has 0 heterocycles. The average Bonchev–Trinajstić information content (AvgIpc) is 2.24. The van der Waals surface area contributed by atoms with Crippen LogP contribution in [-0.4, -0.2) is 12.1 Å². The van der Waals surface area contributed by atoms with E-state index < -0.39 is 17.8 Å². The molecule has 1 aromatic carbocycles. The Morgan fingerprint density at radius 2 is 1.89 bits per heavy atom. The summed E-state index contributed by atoms with van der Waals surface area (Å²) in [6, 6.07) is 4.62. The first-order chi connectivity index (χ1) is 8.30. The molecule has 1 aromatic rings. The van der Waals surface area contributed by atoms with Crippen molar-refractivity contribution in [3.63, 3.8) is 0 Å². The van der Waals surface area contributed by atoms with Crippen LogP contribution in [0.1, 0.15) is 25.0 Å². The topological polar surface area (TPSA) is 41.1 Å². The first kappa shape index (κ1) is 14.3. The maximum absolute atomic E-state index is 12.7. The van der Waals surface area contributed by atoms with Gasteiger partial charge in [0.2, 0.25) is 0 Å². The van der Waals surface area contributed by atoms with Crippen molar-refractivity contribution in [3.8, 4) is 0 Å². The Morgan fingerprint density at radius 1 is 1.28 bits per heavy atom. The number of urea groups is 1. The summed E-state index contributed by atoms with van der Waals surface area (Å²) in [7, 11) is 0. The smallest absolute Gasteiger partial charge is 0.336 e. The van der Waals surface area contributed by atoms with Crippen LogP contribution in [-0.2, 0) is 12.7 Å². The Morgan fingerprint density at radius 3 is 2.44 bits per heavy atom. The van der Waals surface area contributed by atoms with E-state index in [4.69, 9.17) is 0 Å². The number of amides is 2. The first-order valence-electron chi connectivity index (χ1n) is 5.50. The molecule has 18 heavy (non-hydrogen) atoms. The summed E-state index contributed by atoms with van der Waals surface area (Å²) in [5, 5.41) is 4.93. The zero-order valence-electron chi connectivity index (χ0n) is 10.1. The molecule has 3 nitrogen and oxygen atoms in total. The molecule has 0 aliphatic heterocycles. The number of rotatable bonds is 3. The van der Waals surface area contributed by atoms with Gasteiger partial charge in [0, 0.05) is 12.6 Å². The lowest BCUT2D eigenvalue weighted by Gasteiger charge is -2.14. The lowest BCUT2D eigenvalue weighted by Crippen LogP contribution is -2.39. The molecule has 2 N–H and O–H groups in total.